The van der Waals surface area contributed by atoms with Crippen molar-refractivity contribution in [2.24, 2.45) is 5.10 Å². The van der Waals surface area contributed by atoms with Crippen molar-refractivity contribution >= 4 is 22.5 Å². The second-order valence-electron chi connectivity index (χ2n) is 5.28. The molecule has 1 aromatic carbocycles. The lowest BCUT2D eigenvalue weighted by Gasteiger charge is -2.03. The number of rotatable bonds is 2. The topological polar surface area (TPSA) is 57.2 Å². The monoisotopic (exact) mass is 269 g/mol. The molecule has 0 saturated heterocycles. The van der Waals surface area contributed by atoms with Gasteiger partial charge in [0, 0.05) is 22.8 Å². The fourth-order valence-corrected chi connectivity index (χ4v) is 2.70. The van der Waals surface area contributed by atoms with Crippen molar-refractivity contribution in [2.45, 2.75) is 38.5 Å². The third-order valence-corrected chi connectivity index (χ3v) is 3.83. The van der Waals surface area contributed by atoms with Crippen LogP contribution < -0.4 is 5.43 Å². The Hall–Kier alpha value is -2.10. The van der Waals surface area contributed by atoms with Gasteiger partial charge in [-0.05, 0) is 31.7 Å². The summed E-state index contributed by atoms with van der Waals surface area (Å²) in [4.78, 5) is 15.3. The number of hydrogen-bond donors (Lipinski definition) is 2. The van der Waals surface area contributed by atoms with Gasteiger partial charge in [0.1, 0.15) is 0 Å². The molecule has 1 aromatic heterocycles. The van der Waals surface area contributed by atoms with Crippen LogP contribution in [0.15, 0.2) is 35.6 Å². The van der Waals surface area contributed by atoms with E-state index in [1.807, 2.05) is 24.3 Å². The summed E-state index contributed by atoms with van der Waals surface area (Å²) in [5.74, 6) is -0.140. The number of hydrogen-bond acceptors (Lipinski definition) is 2. The van der Waals surface area contributed by atoms with E-state index in [9.17, 15) is 4.79 Å². The molecule has 0 radical (unpaired) electrons. The molecule has 1 aliphatic carbocycles. The van der Waals surface area contributed by atoms with E-state index in [0.29, 0.717) is 5.56 Å². The molecule has 0 aliphatic heterocycles. The fourth-order valence-electron chi connectivity index (χ4n) is 2.70. The summed E-state index contributed by atoms with van der Waals surface area (Å²) in [5, 5.41) is 5.25. The first-order valence-electron chi connectivity index (χ1n) is 7.26. The van der Waals surface area contributed by atoms with Gasteiger partial charge in [-0.25, -0.2) is 5.43 Å². The van der Waals surface area contributed by atoms with Crippen molar-refractivity contribution in [3.8, 4) is 0 Å². The Balaban J connectivity index is 1.74. The molecule has 4 heteroatoms. The van der Waals surface area contributed by atoms with Crippen LogP contribution >= 0.6 is 0 Å². The van der Waals surface area contributed by atoms with E-state index in [1.165, 1.54) is 25.7 Å². The average molecular weight is 269 g/mol. The van der Waals surface area contributed by atoms with Gasteiger partial charge in [0.05, 0.1) is 5.56 Å². The molecule has 1 fully saturated rings. The van der Waals surface area contributed by atoms with E-state index >= 15 is 0 Å². The van der Waals surface area contributed by atoms with Crippen LogP contribution in [-0.4, -0.2) is 16.6 Å². The quantitative estimate of drug-likeness (QED) is 0.635. The molecule has 4 nitrogen and oxygen atoms in total. The molecule has 0 atom stereocenters. The predicted octanol–water partition coefficient (Wildman–Crippen LogP) is 3.61. The Kier molecular flexibility index (Phi) is 3.81. The zero-order chi connectivity index (χ0) is 13.8. The number of carbonyl (C=O) groups is 1. The molecule has 2 N–H and O–H groups in total. The molecule has 0 bridgehead atoms. The summed E-state index contributed by atoms with van der Waals surface area (Å²) in [6, 6.07) is 7.79. The van der Waals surface area contributed by atoms with Gasteiger partial charge in [0.15, 0.2) is 0 Å². The molecule has 1 aliphatic rings. The molecular formula is C16H19N3O. The Labute approximate surface area is 118 Å². The van der Waals surface area contributed by atoms with Crippen molar-refractivity contribution in [3.05, 3.63) is 36.0 Å². The number of nitrogens with one attached hydrogen (secondary N) is 2. The van der Waals surface area contributed by atoms with Gasteiger partial charge in [0.2, 0.25) is 0 Å². The van der Waals surface area contributed by atoms with Gasteiger partial charge in [-0.1, -0.05) is 31.0 Å². The number of fused-ring (bicyclic) bond motifs is 1. The maximum absolute atomic E-state index is 12.2. The number of hydrazone groups is 1. The van der Waals surface area contributed by atoms with Crippen molar-refractivity contribution in [2.75, 3.05) is 0 Å². The molecule has 20 heavy (non-hydrogen) atoms. The Bertz CT molecular complexity index is 632. The number of nitrogens with zero attached hydrogens (tertiary/aromatic N) is 1. The SMILES string of the molecule is O=C(NN=C1CCCCCC1)c1c[nH]c2ccccc12. The largest absolute Gasteiger partial charge is 0.360 e. The van der Waals surface area contributed by atoms with Crippen LogP contribution in [0.3, 0.4) is 0 Å². The van der Waals surface area contributed by atoms with Crippen molar-refractivity contribution < 1.29 is 4.79 Å². The molecule has 0 spiro atoms. The van der Waals surface area contributed by atoms with E-state index < -0.39 is 0 Å². The minimum Gasteiger partial charge on any atom is -0.360 e. The summed E-state index contributed by atoms with van der Waals surface area (Å²) in [7, 11) is 0. The highest BCUT2D eigenvalue weighted by Gasteiger charge is 2.12. The summed E-state index contributed by atoms with van der Waals surface area (Å²) in [6.45, 7) is 0. The zero-order valence-corrected chi connectivity index (χ0v) is 11.5. The highest BCUT2D eigenvalue weighted by atomic mass is 16.2. The predicted molar refractivity (Wildman–Crippen MR) is 80.9 cm³/mol. The van der Waals surface area contributed by atoms with Gasteiger partial charge < -0.3 is 4.98 Å². The number of benzene rings is 1. The van der Waals surface area contributed by atoms with Gasteiger partial charge >= 0.3 is 0 Å². The van der Waals surface area contributed by atoms with Crippen LogP contribution in [0.4, 0.5) is 0 Å². The van der Waals surface area contributed by atoms with Crippen LogP contribution in [0.25, 0.3) is 10.9 Å². The molecule has 1 heterocycles. The third-order valence-electron chi connectivity index (χ3n) is 3.83. The number of carbonyl (C=O) groups excluding carboxylic acids is 1. The Morgan fingerprint density at radius 2 is 1.85 bits per heavy atom. The van der Waals surface area contributed by atoms with E-state index in [2.05, 4.69) is 15.5 Å². The maximum Gasteiger partial charge on any atom is 0.273 e. The number of para-hydroxylation sites is 1. The molecular weight excluding hydrogens is 250 g/mol. The summed E-state index contributed by atoms with van der Waals surface area (Å²) >= 11 is 0. The van der Waals surface area contributed by atoms with E-state index in [0.717, 1.165) is 29.5 Å². The van der Waals surface area contributed by atoms with E-state index in [-0.39, 0.29) is 5.91 Å². The second kappa shape index (κ2) is 5.90. The first-order valence-corrected chi connectivity index (χ1v) is 7.26. The average Bonchev–Trinajstić information content (AvgIpc) is 2.73. The third kappa shape index (κ3) is 2.74. The maximum atomic E-state index is 12.2. The lowest BCUT2D eigenvalue weighted by atomic mass is 10.1. The van der Waals surface area contributed by atoms with E-state index in [4.69, 9.17) is 0 Å². The van der Waals surface area contributed by atoms with Crippen LogP contribution in [0, 0.1) is 0 Å². The first kappa shape index (κ1) is 12.9. The summed E-state index contributed by atoms with van der Waals surface area (Å²) in [5.41, 5.74) is 5.45. The number of aromatic nitrogens is 1. The minimum absolute atomic E-state index is 0.140. The van der Waals surface area contributed by atoms with Crippen LogP contribution in [0.2, 0.25) is 0 Å². The number of H-pyrrole nitrogens is 1. The van der Waals surface area contributed by atoms with Crippen molar-refractivity contribution in [3.63, 3.8) is 0 Å². The summed E-state index contributed by atoms with van der Waals surface area (Å²) < 4.78 is 0. The normalized spacial score (nSPS) is 15.9. The molecule has 104 valence electrons. The molecule has 0 unspecified atom stereocenters. The molecule has 3 rings (SSSR count). The number of aromatic amines is 1. The van der Waals surface area contributed by atoms with Crippen LogP contribution in [0.1, 0.15) is 48.9 Å². The van der Waals surface area contributed by atoms with E-state index in [1.54, 1.807) is 6.20 Å². The lowest BCUT2D eigenvalue weighted by Crippen LogP contribution is -2.19. The molecule has 1 saturated carbocycles. The van der Waals surface area contributed by atoms with Crippen molar-refractivity contribution in [1.29, 1.82) is 0 Å². The smallest absolute Gasteiger partial charge is 0.273 e. The van der Waals surface area contributed by atoms with Gasteiger partial charge in [-0.3, -0.25) is 4.79 Å². The van der Waals surface area contributed by atoms with Crippen LogP contribution in [-0.2, 0) is 0 Å². The molecule has 2 aromatic rings. The zero-order valence-electron chi connectivity index (χ0n) is 11.5. The Morgan fingerprint density at radius 1 is 1.10 bits per heavy atom. The first-order chi connectivity index (χ1) is 9.84. The van der Waals surface area contributed by atoms with Gasteiger partial charge in [-0.2, -0.15) is 5.10 Å². The fraction of sp³-hybridized carbons (Fsp3) is 0.375. The van der Waals surface area contributed by atoms with Gasteiger partial charge in [-0.15, -0.1) is 0 Å². The lowest BCUT2D eigenvalue weighted by molar-refractivity contribution is 0.0956. The second-order valence-corrected chi connectivity index (χ2v) is 5.28. The minimum atomic E-state index is -0.140. The number of amides is 1. The standard InChI is InChI=1S/C16H19N3O/c20-16(19-18-12-7-3-1-2-4-8-12)14-11-17-15-10-6-5-9-13(14)15/h5-6,9-11,17H,1-4,7-8H2,(H,19,20). The Morgan fingerprint density at radius 3 is 2.65 bits per heavy atom. The van der Waals surface area contributed by atoms with Gasteiger partial charge in [0.25, 0.3) is 5.91 Å². The summed E-state index contributed by atoms with van der Waals surface area (Å²) in [6.07, 6.45) is 8.67. The highest BCUT2D eigenvalue weighted by molar-refractivity contribution is 6.06. The van der Waals surface area contributed by atoms with Crippen LogP contribution in [0.5, 0.6) is 0 Å². The van der Waals surface area contributed by atoms with Crippen molar-refractivity contribution in [1.82, 2.24) is 10.4 Å². The highest BCUT2D eigenvalue weighted by Crippen LogP contribution is 2.18. The molecule has 1 amide bonds.